The minimum atomic E-state index is -0.324. The molecule has 1 aliphatic rings. The Kier molecular flexibility index (Phi) is 5.46. The van der Waals surface area contributed by atoms with Gasteiger partial charge in [-0.15, -0.1) is 0 Å². The molecule has 1 saturated heterocycles. The zero-order chi connectivity index (χ0) is 21.1. The third kappa shape index (κ3) is 4.02. The van der Waals surface area contributed by atoms with Crippen molar-refractivity contribution in [3.05, 3.63) is 30.6 Å². The first kappa shape index (κ1) is 19.6. The molecule has 1 aliphatic heterocycles. The maximum Gasteiger partial charge on any atom is 0.321 e. The lowest BCUT2D eigenvalue weighted by Crippen LogP contribution is -2.48. The predicted molar refractivity (Wildman–Crippen MR) is 114 cm³/mol. The van der Waals surface area contributed by atoms with Crippen LogP contribution in [0.5, 0.6) is 0 Å². The minimum absolute atomic E-state index is 0.0955. The van der Waals surface area contributed by atoms with Crippen molar-refractivity contribution in [2.45, 2.75) is 13.8 Å². The SMILES string of the molecule is CCNC(=O)Nc1nc2c(-c3ncccn3)cc(N3CCN(C(C)=O)CC3)cc2[nH]1. The van der Waals surface area contributed by atoms with Gasteiger partial charge >= 0.3 is 6.03 Å². The van der Waals surface area contributed by atoms with Crippen molar-refractivity contribution in [3.8, 4) is 11.4 Å². The first-order chi connectivity index (χ1) is 14.5. The molecule has 0 unspecified atom stereocenters. The van der Waals surface area contributed by atoms with Gasteiger partial charge in [-0.05, 0) is 25.1 Å². The highest BCUT2D eigenvalue weighted by molar-refractivity contribution is 5.96. The summed E-state index contributed by atoms with van der Waals surface area (Å²) >= 11 is 0. The summed E-state index contributed by atoms with van der Waals surface area (Å²) in [7, 11) is 0. The van der Waals surface area contributed by atoms with Crippen LogP contribution in [0.15, 0.2) is 30.6 Å². The lowest BCUT2D eigenvalue weighted by Gasteiger charge is -2.35. The van der Waals surface area contributed by atoms with Crippen molar-refractivity contribution >= 4 is 34.6 Å². The Morgan fingerprint density at radius 3 is 2.53 bits per heavy atom. The molecule has 0 aliphatic carbocycles. The largest absolute Gasteiger partial charge is 0.368 e. The summed E-state index contributed by atoms with van der Waals surface area (Å²) in [6, 6.07) is 5.45. The van der Waals surface area contributed by atoms with Crippen molar-refractivity contribution in [2.24, 2.45) is 0 Å². The number of aromatic amines is 1. The van der Waals surface area contributed by atoms with Gasteiger partial charge in [0.05, 0.1) is 5.52 Å². The molecule has 30 heavy (non-hydrogen) atoms. The normalized spacial score (nSPS) is 14.1. The average Bonchev–Trinajstić information content (AvgIpc) is 3.16. The highest BCUT2D eigenvalue weighted by atomic mass is 16.2. The summed E-state index contributed by atoms with van der Waals surface area (Å²) in [5, 5.41) is 5.40. The third-order valence-corrected chi connectivity index (χ3v) is 5.04. The molecule has 156 valence electrons. The second-order valence-electron chi connectivity index (χ2n) is 7.02. The van der Waals surface area contributed by atoms with Crippen molar-refractivity contribution in [1.29, 1.82) is 0 Å². The Morgan fingerprint density at radius 1 is 1.13 bits per heavy atom. The van der Waals surface area contributed by atoms with Crippen LogP contribution in [-0.4, -0.2) is 69.5 Å². The van der Waals surface area contributed by atoms with Gasteiger partial charge in [0.25, 0.3) is 0 Å². The van der Waals surface area contributed by atoms with Gasteiger partial charge in [-0.2, -0.15) is 0 Å². The Morgan fingerprint density at radius 2 is 1.87 bits per heavy atom. The molecule has 3 aromatic rings. The number of carbonyl (C=O) groups excluding carboxylic acids is 2. The maximum atomic E-state index is 11.9. The van der Waals surface area contributed by atoms with Crippen LogP contribution in [0.3, 0.4) is 0 Å². The van der Waals surface area contributed by atoms with E-state index in [1.807, 2.05) is 24.0 Å². The highest BCUT2D eigenvalue weighted by Crippen LogP contribution is 2.32. The maximum absolute atomic E-state index is 11.9. The summed E-state index contributed by atoms with van der Waals surface area (Å²) in [6.07, 6.45) is 3.37. The molecule has 2 aromatic heterocycles. The van der Waals surface area contributed by atoms with Crippen molar-refractivity contribution in [1.82, 2.24) is 30.2 Å². The van der Waals surface area contributed by atoms with Crippen molar-refractivity contribution < 1.29 is 9.59 Å². The van der Waals surface area contributed by atoms with Crippen molar-refractivity contribution in [3.63, 3.8) is 0 Å². The minimum Gasteiger partial charge on any atom is -0.368 e. The second-order valence-corrected chi connectivity index (χ2v) is 7.02. The number of hydrogen-bond donors (Lipinski definition) is 3. The van der Waals surface area contributed by atoms with Crippen LogP contribution in [0.4, 0.5) is 16.4 Å². The number of aromatic nitrogens is 4. The summed E-state index contributed by atoms with van der Waals surface area (Å²) in [4.78, 5) is 44.1. The number of piperazine rings is 1. The molecule has 10 heteroatoms. The van der Waals surface area contributed by atoms with E-state index >= 15 is 0 Å². The fourth-order valence-corrected chi connectivity index (χ4v) is 3.54. The summed E-state index contributed by atoms with van der Waals surface area (Å²) in [5.41, 5.74) is 3.22. The Hall–Kier alpha value is -3.69. The molecule has 0 bridgehead atoms. The molecular weight excluding hydrogens is 384 g/mol. The number of carbonyl (C=O) groups is 2. The van der Waals surface area contributed by atoms with Gasteiger partial charge in [0.15, 0.2) is 5.82 Å². The summed E-state index contributed by atoms with van der Waals surface area (Å²) in [5.74, 6) is 1.01. The molecule has 0 spiro atoms. The second kappa shape index (κ2) is 8.36. The summed E-state index contributed by atoms with van der Waals surface area (Å²) in [6.45, 7) is 6.79. The van der Waals surface area contributed by atoms with E-state index in [9.17, 15) is 9.59 Å². The van der Waals surface area contributed by atoms with E-state index in [1.165, 1.54) is 0 Å². The van der Waals surface area contributed by atoms with Crippen LogP contribution >= 0.6 is 0 Å². The Balaban J connectivity index is 1.71. The number of anilines is 2. The monoisotopic (exact) mass is 408 g/mol. The smallest absolute Gasteiger partial charge is 0.321 e. The fraction of sp³-hybridized carbons (Fsp3) is 0.350. The molecule has 3 N–H and O–H groups in total. The topological polar surface area (TPSA) is 119 Å². The van der Waals surface area contributed by atoms with Crippen molar-refractivity contribution in [2.75, 3.05) is 42.9 Å². The van der Waals surface area contributed by atoms with Crippen LogP contribution in [0.2, 0.25) is 0 Å². The van der Waals surface area contributed by atoms with E-state index in [-0.39, 0.29) is 11.9 Å². The number of benzene rings is 1. The lowest BCUT2D eigenvalue weighted by molar-refractivity contribution is -0.129. The van der Waals surface area contributed by atoms with Gasteiger partial charge in [-0.25, -0.2) is 19.7 Å². The Bertz CT molecular complexity index is 1060. The van der Waals surface area contributed by atoms with Gasteiger partial charge in [0.1, 0.15) is 5.52 Å². The molecule has 0 radical (unpaired) electrons. The quantitative estimate of drug-likeness (QED) is 0.606. The highest BCUT2D eigenvalue weighted by Gasteiger charge is 2.21. The third-order valence-electron chi connectivity index (χ3n) is 5.04. The van der Waals surface area contributed by atoms with E-state index in [0.29, 0.717) is 36.9 Å². The number of hydrogen-bond acceptors (Lipinski definition) is 6. The van der Waals surface area contributed by atoms with E-state index in [2.05, 4.69) is 35.5 Å². The van der Waals surface area contributed by atoms with Gasteiger partial charge in [0.2, 0.25) is 11.9 Å². The van der Waals surface area contributed by atoms with Crippen LogP contribution in [0, 0.1) is 0 Å². The van der Waals surface area contributed by atoms with E-state index in [4.69, 9.17) is 0 Å². The predicted octanol–water partition coefficient (Wildman–Crippen LogP) is 1.83. The fourth-order valence-electron chi connectivity index (χ4n) is 3.54. The van der Waals surface area contributed by atoms with E-state index in [0.717, 1.165) is 29.9 Å². The molecule has 0 saturated carbocycles. The molecule has 1 aromatic carbocycles. The van der Waals surface area contributed by atoms with Gasteiger partial charge < -0.3 is 20.1 Å². The first-order valence-corrected chi connectivity index (χ1v) is 9.91. The van der Waals surface area contributed by atoms with E-state index < -0.39 is 0 Å². The van der Waals surface area contributed by atoms with Crippen LogP contribution in [0.1, 0.15) is 13.8 Å². The zero-order valence-electron chi connectivity index (χ0n) is 17.0. The number of nitrogens with one attached hydrogen (secondary N) is 3. The number of fused-ring (bicyclic) bond motifs is 1. The number of urea groups is 1. The van der Waals surface area contributed by atoms with Gasteiger partial charge in [-0.1, -0.05) is 0 Å². The van der Waals surface area contributed by atoms with E-state index in [1.54, 1.807) is 25.4 Å². The number of H-pyrrole nitrogens is 1. The molecule has 3 heterocycles. The molecule has 4 rings (SSSR count). The molecule has 0 atom stereocenters. The number of amides is 3. The molecular formula is C20H24N8O2. The molecule has 10 nitrogen and oxygen atoms in total. The lowest BCUT2D eigenvalue weighted by atomic mass is 10.1. The summed E-state index contributed by atoms with van der Waals surface area (Å²) < 4.78 is 0. The number of rotatable bonds is 4. The van der Waals surface area contributed by atoms with Gasteiger partial charge in [0, 0.05) is 63.3 Å². The molecule has 3 amide bonds. The zero-order valence-corrected chi connectivity index (χ0v) is 17.0. The number of nitrogens with zero attached hydrogens (tertiary/aromatic N) is 5. The Labute approximate surface area is 173 Å². The van der Waals surface area contributed by atoms with Crippen LogP contribution in [-0.2, 0) is 4.79 Å². The average molecular weight is 408 g/mol. The number of imidazole rings is 1. The molecule has 1 fully saturated rings. The van der Waals surface area contributed by atoms with Gasteiger partial charge in [-0.3, -0.25) is 10.1 Å². The standard InChI is InChI=1S/C20H24N8O2/c1-3-21-20(30)26-19-24-16-12-14(28-9-7-27(8-10-28)13(2)29)11-15(17(16)25-19)18-22-5-4-6-23-18/h4-6,11-12H,3,7-10H2,1-2H3,(H3,21,24,25,26,30). The van der Waals surface area contributed by atoms with Crippen LogP contribution in [0.25, 0.3) is 22.4 Å². The first-order valence-electron chi connectivity index (χ1n) is 9.91. The van der Waals surface area contributed by atoms with Crippen LogP contribution < -0.4 is 15.5 Å².